The molecule has 9 heterocycles. The average Bonchev–Trinajstić information content (AvgIpc) is 4.11. The van der Waals surface area contributed by atoms with Gasteiger partial charge < -0.3 is 97.1 Å². The van der Waals surface area contributed by atoms with Crippen molar-refractivity contribution in [3.05, 3.63) is 38.0 Å². The zero-order valence-electron chi connectivity index (χ0n) is 33.7. The minimum Gasteiger partial charge on any atom is -0.756 e. The molecular formula is C30H43N17O16P2. The highest BCUT2D eigenvalue weighted by molar-refractivity contribution is 7.46. The number of ether oxygens (including phenoxy) is 3. The maximum Gasteiger partial charge on any atom is 0.268 e. The van der Waals surface area contributed by atoms with Crippen LogP contribution >= 0.6 is 15.6 Å². The lowest BCUT2D eigenvalue weighted by molar-refractivity contribution is -0.240. The number of rotatable bonds is 14. The third kappa shape index (κ3) is 8.71. The maximum absolute atomic E-state index is 13.4. The predicted octanol–water partition coefficient (Wildman–Crippen LogP) is -4.13. The second-order valence-electron chi connectivity index (χ2n) is 14.2. The molecule has 33 nitrogen and oxygen atoms in total. The molecule has 35 heteroatoms. The Morgan fingerprint density at radius 1 is 0.554 bits per heavy atom. The number of aromatic nitrogens is 12. The molecule has 9 rings (SSSR count). The number of nitrogens with two attached hydrogens (primary N) is 3. The fraction of sp³-hybridized carbons (Fsp3) is 0.500. The monoisotopic (exact) mass is 959 g/mol. The van der Waals surface area contributed by atoms with Crippen LogP contribution in [0.3, 0.4) is 0 Å². The smallest absolute Gasteiger partial charge is 0.268 e. The van der Waals surface area contributed by atoms with E-state index < -0.39 is 109 Å². The van der Waals surface area contributed by atoms with Gasteiger partial charge in [0.15, 0.2) is 53.1 Å². The summed E-state index contributed by atoms with van der Waals surface area (Å²) in [6, 6.07) is 0. The van der Waals surface area contributed by atoms with Crippen molar-refractivity contribution >= 4 is 66.6 Å². The quantitative estimate of drug-likeness (QED) is 0.0464. The number of hydrogen-bond donors (Lipinski definition) is 10. The number of phosphoric acid groups is 2. The van der Waals surface area contributed by atoms with E-state index in [-0.39, 0.29) is 63.2 Å². The number of imidazole rings is 3. The van der Waals surface area contributed by atoms with Crippen LogP contribution in [-0.4, -0.2) is 159 Å². The van der Waals surface area contributed by atoms with Gasteiger partial charge in [-0.15, -0.1) is 0 Å². The summed E-state index contributed by atoms with van der Waals surface area (Å²) < 4.78 is 68.3. The molecular weight excluding hydrogens is 916 g/mol. The van der Waals surface area contributed by atoms with Gasteiger partial charge in [0.25, 0.3) is 15.6 Å². The predicted molar refractivity (Wildman–Crippen MR) is 211 cm³/mol. The maximum atomic E-state index is 13.4. The number of aliphatic hydroxyl groups is 5. The zero-order chi connectivity index (χ0) is 44.5. The molecule has 0 aliphatic carbocycles. The van der Waals surface area contributed by atoms with Crippen LogP contribution in [0.2, 0.25) is 0 Å². The summed E-state index contributed by atoms with van der Waals surface area (Å²) in [7, 11) is -11.1. The van der Waals surface area contributed by atoms with Crippen molar-refractivity contribution in [3.8, 4) is 0 Å². The Balaban J connectivity index is 0.00000315. The second-order valence-corrected chi connectivity index (χ2v) is 16.9. The number of fused-ring (bicyclic) bond motifs is 3. The van der Waals surface area contributed by atoms with Crippen molar-refractivity contribution in [1.82, 2.24) is 70.9 Å². The van der Waals surface area contributed by atoms with Crippen molar-refractivity contribution in [1.29, 1.82) is 0 Å². The van der Waals surface area contributed by atoms with Gasteiger partial charge in [0.05, 0.1) is 38.8 Å². The highest BCUT2D eigenvalue weighted by Crippen LogP contribution is 2.49. The standard InChI is InChI=1S/C30H37N15O16P2.2H3N/c31-22-13-25(37-4-34-22)43(7-40-13)28-17(48)16(47)11(58-28)2-55-62(51,52)61-21-12(59-30(19(21)50)45-9-42-15-24(33)36-6-39-27(15)45)3-56-63(53,54)60-20-10(1-46)57-29(18(20)49)44-8-41-14-23(32)35-5-38-26(14)44;;/h4-12,16-21,28-30,46-50H,1-3H2,(H,51,52)(H,53,54)(H2,31,34,37)(H2,32,35,38)(H2,33,36,39);2*1H3. The van der Waals surface area contributed by atoms with Crippen LogP contribution in [0, 0.1) is 0 Å². The van der Waals surface area contributed by atoms with Crippen LogP contribution in [0.25, 0.3) is 33.5 Å². The first-order chi connectivity index (χ1) is 30.1. The Hall–Kier alpha value is -5.13. The lowest BCUT2D eigenvalue weighted by atomic mass is 10.1. The Morgan fingerprint density at radius 3 is 1.32 bits per heavy atom. The van der Waals surface area contributed by atoms with Crippen LogP contribution in [-0.2, 0) is 41.4 Å². The summed E-state index contributed by atoms with van der Waals surface area (Å²) in [6.07, 6.45) is -13.0. The van der Waals surface area contributed by atoms with Gasteiger partial charge in [0.1, 0.15) is 90.5 Å². The third-order valence-electron chi connectivity index (χ3n) is 10.4. The number of phosphoric ester groups is 2. The molecule has 0 saturated carbocycles. The van der Waals surface area contributed by atoms with Crippen molar-refractivity contribution in [3.63, 3.8) is 0 Å². The summed E-state index contributed by atoms with van der Waals surface area (Å²) in [5.41, 5.74) is 18.2. The van der Waals surface area contributed by atoms with E-state index >= 15 is 0 Å². The summed E-state index contributed by atoms with van der Waals surface area (Å²) >= 11 is 0. The number of nitrogen functional groups attached to an aromatic ring is 3. The molecule has 0 bridgehead atoms. The van der Waals surface area contributed by atoms with Gasteiger partial charge in [-0.2, -0.15) is 0 Å². The summed E-state index contributed by atoms with van der Waals surface area (Å²) in [4.78, 5) is 62.8. The molecule has 3 aliphatic heterocycles. The Labute approximate surface area is 362 Å². The molecule has 14 unspecified atom stereocenters. The first-order valence-electron chi connectivity index (χ1n) is 18.4. The summed E-state index contributed by atoms with van der Waals surface area (Å²) in [5.74, 6) is -0.0166. The number of hydrogen-bond acceptors (Lipinski definition) is 28. The molecule has 0 aromatic carbocycles. The van der Waals surface area contributed by atoms with E-state index in [4.69, 9.17) is 49.5 Å². The molecule has 19 N–H and O–H groups in total. The lowest BCUT2D eigenvalue weighted by Gasteiger charge is -2.32. The molecule has 354 valence electrons. The molecule has 6 aromatic rings. The van der Waals surface area contributed by atoms with Crippen molar-refractivity contribution in [2.75, 3.05) is 37.0 Å². The SMILES string of the molecule is Nc1ncnc2c1ncn2C1OC(COP(=O)([O-])OC2C(COP(=O)([O-])OC3C(CO)OC(n4cnc5c(N)ncnc54)C3O)OC(n3cnc4c(N)ncnc43)C2O)C(O)C1O.[NH4+].[NH4+]. The fourth-order valence-corrected chi connectivity index (χ4v) is 9.29. The minimum absolute atomic E-state index is 0. The molecule has 3 fully saturated rings. The highest BCUT2D eigenvalue weighted by atomic mass is 31.2. The normalized spacial score (nSPS) is 30.9. The van der Waals surface area contributed by atoms with E-state index in [9.17, 15) is 44.4 Å². The third-order valence-corrected chi connectivity index (χ3v) is 12.3. The molecule has 6 aromatic heterocycles. The topological polar surface area (TPSA) is 528 Å². The van der Waals surface area contributed by atoms with E-state index in [0.717, 1.165) is 29.9 Å². The molecule has 0 spiro atoms. The van der Waals surface area contributed by atoms with Gasteiger partial charge in [-0.1, -0.05) is 0 Å². The van der Waals surface area contributed by atoms with Crippen LogP contribution in [0.1, 0.15) is 18.7 Å². The van der Waals surface area contributed by atoms with Crippen molar-refractivity contribution in [2.45, 2.75) is 73.6 Å². The number of quaternary nitrogens is 2. The van der Waals surface area contributed by atoms with E-state index in [0.29, 0.717) is 0 Å². The molecule has 3 saturated heterocycles. The van der Waals surface area contributed by atoms with Crippen molar-refractivity contribution < 1.29 is 76.8 Å². The molecule has 3 aliphatic rings. The van der Waals surface area contributed by atoms with Gasteiger partial charge in [-0.3, -0.25) is 22.8 Å². The first-order valence-corrected chi connectivity index (χ1v) is 21.3. The van der Waals surface area contributed by atoms with E-state index in [2.05, 4.69) is 44.9 Å². The van der Waals surface area contributed by atoms with Gasteiger partial charge in [-0.05, 0) is 0 Å². The Bertz CT molecular complexity index is 2750. The van der Waals surface area contributed by atoms with Crippen LogP contribution in [0.5, 0.6) is 0 Å². The highest BCUT2D eigenvalue weighted by Gasteiger charge is 2.51. The fourth-order valence-electron chi connectivity index (χ4n) is 7.39. The summed E-state index contributed by atoms with van der Waals surface area (Å²) in [5, 5.41) is 54.3. The van der Waals surface area contributed by atoms with Gasteiger partial charge in [-0.25, -0.2) is 44.9 Å². The van der Waals surface area contributed by atoms with Crippen LogP contribution in [0.4, 0.5) is 17.5 Å². The van der Waals surface area contributed by atoms with Gasteiger partial charge in [0, 0.05) is 0 Å². The van der Waals surface area contributed by atoms with Gasteiger partial charge >= 0.3 is 0 Å². The van der Waals surface area contributed by atoms with E-state index in [1.807, 2.05) is 0 Å². The largest absolute Gasteiger partial charge is 0.756 e. The first kappa shape index (κ1) is 47.8. The number of aliphatic hydroxyl groups excluding tert-OH is 5. The van der Waals surface area contributed by atoms with Gasteiger partial charge in [0.2, 0.25) is 0 Å². The van der Waals surface area contributed by atoms with E-state index in [1.54, 1.807) is 0 Å². The average molecular weight is 960 g/mol. The number of anilines is 3. The number of nitrogens with zero attached hydrogens (tertiary/aromatic N) is 12. The molecule has 14 atom stereocenters. The Morgan fingerprint density at radius 2 is 0.908 bits per heavy atom. The minimum atomic E-state index is -5.59. The lowest BCUT2D eigenvalue weighted by Crippen LogP contribution is -2.39. The van der Waals surface area contributed by atoms with Crippen LogP contribution in [0.15, 0.2) is 38.0 Å². The second kappa shape index (κ2) is 18.3. The molecule has 0 radical (unpaired) electrons. The molecule has 65 heavy (non-hydrogen) atoms. The van der Waals surface area contributed by atoms with Crippen LogP contribution < -0.4 is 39.3 Å². The molecule has 0 amide bonds. The van der Waals surface area contributed by atoms with Crippen molar-refractivity contribution in [2.24, 2.45) is 0 Å². The summed E-state index contributed by atoms with van der Waals surface area (Å²) in [6.45, 7) is -2.86. The zero-order valence-corrected chi connectivity index (χ0v) is 35.5. The van der Waals surface area contributed by atoms with E-state index in [1.165, 1.54) is 21.8 Å². The Kier molecular flexibility index (Phi) is 13.4.